The lowest BCUT2D eigenvalue weighted by molar-refractivity contribution is 0.00589. The number of ether oxygens (including phenoxy) is 1. The van der Waals surface area contributed by atoms with Crippen LogP contribution >= 0.6 is 0 Å². The van der Waals surface area contributed by atoms with Crippen molar-refractivity contribution >= 4 is 0 Å². The van der Waals surface area contributed by atoms with Crippen molar-refractivity contribution in [3.05, 3.63) is 58.0 Å². The predicted octanol–water partition coefficient (Wildman–Crippen LogP) is 3.18. The first-order valence-corrected chi connectivity index (χ1v) is 11.4. The Kier molecular flexibility index (Phi) is 5.52. The molecular weight excluding hydrogens is 374 g/mol. The molecule has 160 valence electrons. The largest absolute Gasteiger partial charge is 0.381 e. The van der Waals surface area contributed by atoms with E-state index in [-0.39, 0.29) is 5.56 Å². The molecular formula is C25H33N3O2. The van der Waals surface area contributed by atoms with Crippen LogP contribution in [-0.2, 0) is 17.8 Å². The van der Waals surface area contributed by atoms with Crippen molar-refractivity contribution in [1.82, 2.24) is 14.4 Å². The molecule has 0 N–H and O–H groups in total. The van der Waals surface area contributed by atoms with Crippen molar-refractivity contribution in [1.29, 1.82) is 0 Å². The molecule has 2 saturated heterocycles. The SMILES string of the molecule is CN(C)Cc1ccccc1-c1ccc2n(c1=O)CC1CC2CN(C2CCOCC2)C1. The van der Waals surface area contributed by atoms with E-state index in [0.717, 1.165) is 63.4 Å². The van der Waals surface area contributed by atoms with Crippen LogP contribution in [0.2, 0.25) is 0 Å². The van der Waals surface area contributed by atoms with Crippen molar-refractivity contribution in [3.63, 3.8) is 0 Å². The number of piperidine rings is 1. The van der Waals surface area contributed by atoms with Crippen LogP contribution in [0.25, 0.3) is 11.1 Å². The van der Waals surface area contributed by atoms with E-state index in [1.165, 1.54) is 17.7 Å². The highest BCUT2D eigenvalue weighted by atomic mass is 16.5. The average Bonchev–Trinajstić information content (AvgIpc) is 2.75. The quantitative estimate of drug-likeness (QED) is 0.780. The Morgan fingerprint density at radius 3 is 2.60 bits per heavy atom. The summed E-state index contributed by atoms with van der Waals surface area (Å²) in [6.07, 6.45) is 3.51. The number of rotatable bonds is 4. The standard InChI is InChI=1S/C25H33N3O2/c1-26(2)16-19-5-3-4-6-22(19)23-7-8-24-20-13-18(15-28(24)25(23)29)14-27(17-20)21-9-11-30-12-10-21/h3-8,18,20-21H,9-17H2,1-2H3. The number of likely N-dealkylation sites (tertiary alicyclic amines) is 1. The number of nitrogens with zero attached hydrogens (tertiary/aromatic N) is 3. The molecule has 2 aromatic rings. The van der Waals surface area contributed by atoms with Gasteiger partial charge in [0, 0.05) is 62.6 Å². The second-order valence-electron chi connectivity index (χ2n) is 9.58. The molecule has 0 radical (unpaired) electrons. The monoisotopic (exact) mass is 407 g/mol. The van der Waals surface area contributed by atoms with E-state index in [9.17, 15) is 4.79 Å². The summed E-state index contributed by atoms with van der Waals surface area (Å²) >= 11 is 0. The number of aromatic nitrogens is 1. The topological polar surface area (TPSA) is 37.7 Å². The number of pyridine rings is 1. The summed E-state index contributed by atoms with van der Waals surface area (Å²) in [6, 6.07) is 13.3. The van der Waals surface area contributed by atoms with Crippen molar-refractivity contribution in [2.45, 2.75) is 44.3 Å². The van der Waals surface area contributed by atoms with Gasteiger partial charge in [-0.15, -0.1) is 0 Å². The third kappa shape index (κ3) is 3.75. The smallest absolute Gasteiger partial charge is 0.258 e. The van der Waals surface area contributed by atoms with Gasteiger partial charge in [-0.05, 0) is 62.5 Å². The molecule has 1 aromatic carbocycles. The lowest BCUT2D eigenvalue weighted by Gasteiger charge is -2.46. The molecule has 0 spiro atoms. The summed E-state index contributed by atoms with van der Waals surface area (Å²) in [7, 11) is 4.14. The van der Waals surface area contributed by atoms with Gasteiger partial charge >= 0.3 is 0 Å². The lowest BCUT2D eigenvalue weighted by atomic mass is 9.81. The van der Waals surface area contributed by atoms with E-state index in [2.05, 4.69) is 58.8 Å². The summed E-state index contributed by atoms with van der Waals surface area (Å²) in [6.45, 7) is 5.67. The molecule has 5 nitrogen and oxygen atoms in total. The molecule has 4 heterocycles. The summed E-state index contributed by atoms with van der Waals surface area (Å²) in [4.78, 5) is 18.4. The fraction of sp³-hybridized carbons (Fsp3) is 0.560. The Bertz CT molecular complexity index is 961. The van der Waals surface area contributed by atoms with Gasteiger partial charge in [-0.3, -0.25) is 9.69 Å². The molecule has 5 rings (SSSR count). The number of hydrogen-bond donors (Lipinski definition) is 0. The van der Waals surface area contributed by atoms with Crippen LogP contribution in [0.5, 0.6) is 0 Å². The fourth-order valence-corrected chi connectivity index (χ4v) is 5.80. The van der Waals surface area contributed by atoms with Gasteiger partial charge in [0.2, 0.25) is 0 Å². The van der Waals surface area contributed by atoms with Gasteiger partial charge in [-0.25, -0.2) is 0 Å². The van der Waals surface area contributed by atoms with Gasteiger partial charge in [0.15, 0.2) is 0 Å². The molecule has 1 aromatic heterocycles. The van der Waals surface area contributed by atoms with Crippen molar-refractivity contribution in [2.75, 3.05) is 40.4 Å². The van der Waals surface area contributed by atoms with E-state index < -0.39 is 0 Å². The molecule has 3 aliphatic rings. The Morgan fingerprint density at radius 1 is 1.00 bits per heavy atom. The normalized spacial score (nSPS) is 24.8. The highest BCUT2D eigenvalue weighted by Crippen LogP contribution is 2.37. The summed E-state index contributed by atoms with van der Waals surface area (Å²) in [5.74, 6) is 1.04. The molecule has 2 atom stereocenters. The third-order valence-corrected chi connectivity index (χ3v) is 7.13. The minimum Gasteiger partial charge on any atom is -0.381 e. The molecule has 2 unspecified atom stereocenters. The maximum absolute atomic E-state index is 13.6. The second kappa shape index (κ2) is 8.29. The fourth-order valence-electron chi connectivity index (χ4n) is 5.80. The van der Waals surface area contributed by atoms with Gasteiger partial charge < -0.3 is 14.2 Å². The Hall–Kier alpha value is -1.95. The average molecular weight is 408 g/mol. The van der Waals surface area contributed by atoms with Crippen LogP contribution in [0, 0.1) is 5.92 Å². The Labute approximate surface area is 179 Å². The van der Waals surface area contributed by atoms with Crippen LogP contribution in [0.4, 0.5) is 0 Å². The van der Waals surface area contributed by atoms with Crippen LogP contribution in [0.3, 0.4) is 0 Å². The second-order valence-corrected chi connectivity index (χ2v) is 9.58. The summed E-state index contributed by atoms with van der Waals surface area (Å²) < 4.78 is 7.67. The maximum Gasteiger partial charge on any atom is 0.258 e. The molecule has 0 amide bonds. The summed E-state index contributed by atoms with van der Waals surface area (Å²) in [5, 5.41) is 0. The van der Waals surface area contributed by atoms with Gasteiger partial charge in [0.05, 0.1) is 0 Å². The molecule has 3 aliphatic heterocycles. The zero-order valence-electron chi connectivity index (χ0n) is 18.2. The lowest BCUT2D eigenvalue weighted by Crippen LogP contribution is -2.51. The van der Waals surface area contributed by atoms with E-state index in [1.807, 2.05) is 6.07 Å². The molecule has 0 saturated carbocycles. The first-order chi connectivity index (χ1) is 14.6. The summed E-state index contributed by atoms with van der Waals surface area (Å²) in [5.41, 5.74) is 4.56. The zero-order valence-corrected chi connectivity index (χ0v) is 18.2. The molecule has 0 aliphatic carbocycles. The van der Waals surface area contributed by atoms with E-state index in [1.54, 1.807) is 0 Å². The van der Waals surface area contributed by atoms with Crippen molar-refractivity contribution in [3.8, 4) is 11.1 Å². The molecule has 5 heteroatoms. The Morgan fingerprint density at radius 2 is 1.80 bits per heavy atom. The van der Waals surface area contributed by atoms with Crippen molar-refractivity contribution < 1.29 is 4.74 Å². The Balaban J connectivity index is 1.46. The number of hydrogen-bond acceptors (Lipinski definition) is 4. The third-order valence-electron chi connectivity index (χ3n) is 7.13. The minimum atomic E-state index is 0.188. The van der Waals surface area contributed by atoms with Crippen molar-refractivity contribution in [2.24, 2.45) is 5.92 Å². The van der Waals surface area contributed by atoms with Crippen LogP contribution < -0.4 is 5.56 Å². The van der Waals surface area contributed by atoms with Gasteiger partial charge in [0.25, 0.3) is 5.56 Å². The molecule has 2 fully saturated rings. The molecule has 30 heavy (non-hydrogen) atoms. The van der Waals surface area contributed by atoms with Crippen LogP contribution in [0.15, 0.2) is 41.2 Å². The van der Waals surface area contributed by atoms with Crippen LogP contribution in [0.1, 0.15) is 36.4 Å². The first kappa shape index (κ1) is 20.0. The van der Waals surface area contributed by atoms with Gasteiger partial charge in [-0.1, -0.05) is 24.3 Å². The van der Waals surface area contributed by atoms with Crippen LogP contribution in [-0.4, -0.2) is 60.8 Å². The van der Waals surface area contributed by atoms with E-state index in [0.29, 0.717) is 17.9 Å². The zero-order chi connectivity index (χ0) is 20.7. The van der Waals surface area contributed by atoms with E-state index >= 15 is 0 Å². The highest BCUT2D eigenvalue weighted by Gasteiger charge is 2.37. The minimum absolute atomic E-state index is 0.188. The number of fused-ring (bicyclic) bond motifs is 4. The first-order valence-electron chi connectivity index (χ1n) is 11.4. The predicted molar refractivity (Wildman–Crippen MR) is 120 cm³/mol. The van der Waals surface area contributed by atoms with Gasteiger partial charge in [-0.2, -0.15) is 0 Å². The maximum atomic E-state index is 13.6. The highest BCUT2D eigenvalue weighted by molar-refractivity contribution is 5.66. The molecule has 2 bridgehead atoms. The van der Waals surface area contributed by atoms with E-state index in [4.69, 9.17) is 4.74 Å². The number of benzene rings is 1. The van der Waals surface area contributed by atoms with Gasteiger partial charge in [0.1, 0.15) is 0 Å².